The number of likely N-dealkylation sites (tertiary alicyclic amines) is 1. The second kappa shape index (κ2) is 6.29. The minimum atomic E-state index is -4.12. The van der Waals surface area contributed by atoms with E-state index in [1.54, 1.807) is 0 Å². The van der Waals surface area contributed by atoms with Crippen LogP contribution in [0, 0.1) is 11.8 Å². The summed E-state index contributed by atoms with van der Waals surface area (Å²) in [6, 6.07) is 0.887. The van der Waals surface area contributed by atoms with E-state index in [1.165, 1.54) is 25.9 Å². The van der Waals surface area contributed by atoms with Gasteiger partial charge in [0, 0.05) is 24.7 Å². The molecule has 0 aromatic rings. The van der Waals surface area contributed by atoms with E-state index in [0.717, 1.165) is 31.3 Å². The molecule has 0 spiro atoms. The van der Waals surface area contributed by atoms with Crippen LogP contribution in [-0.4, -0.2) is 66.8 Å². The Bertz CT molecular complexity index is 379. The predicted molar refractivity (Wildman–Crippen MR) is 80.7 cm³/mol. The molecule has 4 atom stereocenters. The van der Waals surface area contributed by atoms with E-state index < -0.39 is 12.7 Å². The fraction of sp³-hybridized carbons (Fsp3) is 1.00. The maximum absolute atomic E-state index is 12.4. The van der Waals surface area contributed by atoms with Crippen LogP contribution in [-0.2, 0) is 0 Å². The molecule has 22 heavy (non-hydrogen) atoms. The monoisotopic (exact) mass is 319 g/mol. The summed E-state index contributed by atoms with van der Waals surface area (Å²) in [5.41, 5.74) is 0. The van der Waals surface area contributed by atoms with Gasteiger partial charge in [-0.2, -0.15) is 13.2 Å². The summed E-state index contributed by atoms with van der Waals surface area (Å²) in [5.74, 6) is 1.58. The number of nitrogens with zero attached hydrogens (tertiary/aromatic N) is 2. The van der Waals surface area contributed by atoms with E-state index >= 15 is 0 Å². The molecule has 4 heterocycles. The number of rotatable bonds is 5. The third-order valence-electron chi connectivity index (χ3n) is 6.00. The zero-order chi connectivity index (χ0) is 15.9. The lowest BCUT2D eigenvalue weighted by Crippen LogP contribution is -2.57. The molecule has 4 fully saturated rings. The molecule has 4 unspecified atom stereocenters. The Hall–Kier alpha value is -0.330. The third kappa shape index (κ3) is 3.29. The van der Waals surface area contributed by atoms with Crippen LogP contribution in [0.2, 0.25) is 0 Å². The van der Waals surface area contributed by atoms with Crippen LogP contribution in [0.3, 0.4) is 0 Å². The summed E-state index contributed by atoms with van der Waals surface area (Å²) in [7, 11) is 0. The average Bonchev–Trinajstić information content (AvgIpc) is 2.86. The fourth-order valence-electron chi connectivity index (χ4n) is 4.99. The second-order valence-corrected chi connectivity index (χ2v) is 7.32. The van der Waals surface area contributed by atoms with E-state index in [4.69, 9.17) is 0 Å². The Kier molecular flexibility index (Phi) is 4.72. The lowest BCUT2D eigenvalue weighted by Gasteiger charge is -2.50. The summed E-state index contributed by atoms with van der Waals surface area (Å²) in [5, 5.41) is 2.66. The van der Waals surface area contributed by atoms with Crippen LogP contribution >= 0.6 is 0 Å². The molecule has 4 aliphatic heterocycles. The molecular weight excluding hydrogens is 291 g/mol. The van der Waals surface area contributed by atoms with E-state index in [9.17, 15) is 13.2 Å². The first-order valence-electron chi connectivity index (χ1n) is 8.67. The Morgan fingerprint density at radius 3 is 2.50 bits per heavy atom. The van der Waals surface area contributed by atoms with Gasteiger partial charge in [0.2, 0.25) is 0 Å². The second-order valence-electron chi connectivity index (χ2n) is 7.32. The van der Waals surface area contributed by atoms with Gasteiger partial charge in [-0.05, 0) is 57.7 Å². The molecule has 0 aliphatic carbocycles. The summed E-state index contributed by atoms with van der Waals surface area (Å²) >= 11 is 0. The third-order valence-corrected chi connectivity index (χ3v) is 6.00. The quantitative estimate of drug-likeness (QED) is 0.839. The molecule has 2 bridgehead atoms. The van der Waals surface area contributed by atoms with E-state index in [2.05, 4.69) is 22.0 Å². The van der Waals surface area contributed by atoms with E-state index in [0.29, 0.717) is 12.1 Å². The Morgan fingerprint density at radius 2 is 1.91 bits per heavy atom. The lowest BCUT2D eigenvalue weighted by molar-refractivity contribution is -0.126. The molecule has 0 amide bonds. The molecule has 6 heteroatoms. The number of fused-ring (bicyclic) bond motifs is 2. The van der Waals surface area contributed by atoms with Crippen molar-refractivity contribution in [1.82, 2.24) is 15.1 Å². The van der Waals surface area contributed by atoms with Crippen LogP contribution in [0.15, 0.2) is 0 Å². The van der Waals surface area contributed by atoms with Gasteiger partial charge in [-0.3, -0.25) is 9.80 Å². The largest absolute Gasteiger partial charge is 0.401 e. The predicted octanol–water partition coefficient (Wildman–Crippen LogP) is 2.33. The molecule has 4 aliphatic rings. The molecule has 0 radical (unpaired) electrons. The number of hydrogen-bond donors (Lipinski definition) is 1. The van der Waals surface area contributed by atoms with Crippen molar-refractivity contribution in [3.8, 4) is 0 Å². The molecular formula is C16H28F3N3. The summed E-state index contributed by atoms with van der Waals surface area (Å²) in [6.07, 6.45) is -0.681. The highest BCUT2D eigenvalue weighted by atomic mass is 19.4. The normalized spacial score (nSPS) is 40.0. The van der Waals surface area contributed by atoms with Crippen molar-refractivity contribution < 1.29 is 13.2 Å². The van der Waals surface area contributed by atoms with Crippen LogP contribution in [0.5, 0.6) is 0 Å². The van der Waals surface area contributed by atoms with Crippen molar-refractivity contribution in [2.45, 2.75) is 57.4 Å². The first-order valence-corrected chi connectivity index (χ1v) is 8.67. The number of piperidine rings is 3. The van der Waals surface area contributed by atoms with Crippen molar-refractivity contribution in [3.63, 3.8) is 0 Å². The zero-order valence-electron chi connectivity index (χ0n) is 13.6. The number of nitrogens with one attached hydrogen (secondary N) is 1. The number of likely N-dealkylation sites (N-methyl/N-ethyl adjacent to an activating group) is 1. The Labute approximate surface area is 131 Å². The highest BCUT2D eigenvalue weighted by molar-refractivity contribution is 5.06. The fourth-order valence-corrected chi connectivity index (χ4v) is 4.99. The van der Waals surface area contributed by atoms with Crippen LogP contribution < -0.4 is 5.32 Å². The van der Waals surface area contributed by atoms with Crippen molar-refractivity contribution in [2.75, 3.05) is 32.7 Å². The van der Waals surface area contributed by atoms with Crippen molar-refractivity contribution >= 4 is 0 Å². The minimum Gasteiger partial charge on any atom is -0.306 e. The average molecular weight is 319 g/mol. The van der Waals surface area contributed by atoms with Gasteiger partial charge >= 0.3 is 6.18 Å². The molecule has 128 valence electrons. The highest BCUT2D eigenvalue weighted by Gasteiger charge is 2.51. The Morgan fingerprint density at radius 1 is 1.23 bits per heavy atom. The van der Waals surface area contributed by atoms with Crippen molar-refractivity contribution in [3.05, 3.63) is 0 Å². The van der Waals surface area contributed by atoms with Crippen LogP contribution in [0.4, 0.5) is 13.2 Å². The minimum absolute atomic E-state index is 0.0962. The first kappa shape index (κ1) is 16.5. The highest BCUT2D eigenvalue weighted by Crippen LogP contribution is 2.44. The molecule has 0 aromatic heterocycles. The molecule has 4 rings (SSSR count). The van der Waals surface area contributed by atoms with Crippen molar-refractivity contribution in [1.29, 1.82) is 0 Å². The maximum Gasteiger partial charge on any atom is 0.401 e. The van der Waals surface area contributed by atoms with E-state index in [1.807, 2.05) is 6.92 Å². The zero-order valence-corrected chi connectivity index (χ0v) is 13.6. The van der Waals surface area contributed by atoms with Gasteiger partial charge < -0.3 is 5.32 Å². The van der Waals surface area contributed by atoms with Gasteiger partial charge in [-0.15, -0.1) is 0 Å². The van der Waals surface area contributed by atoms with E-state index in [-0.39, 0.29) is 6.04 Å². The maximum atomic E-state index is 12.4. The first-order chi connectivity index (χ1) is 10.4. The number of alkyl halides is 3. The summed E-state index contributed by atoms with van der Waals surface area (Å²) < 4.78 is 37.1. The van der Waals surface area contributed by atoms with Gasteiger partial charge in [0.05, 0.1) is 6.54 Å². The number of hydrogen-bond acceptors (Lipinski definition) is 3. The van der Waals surface area contributed by atoms with Crippen LogP contribution in [0.25, 0.3) is 0 Å². The molecule has 0 aromatic carbocycles. The number of halogens is 3. The smallest absolute Gasteiger partial charge is 0.306 e. The van der Waals surface area contributed by atoms with Gasteiger partial charge in [-0.1, -0.05) is 6.92 Å². The van der Waals surface area contributed by atoms with Gasteiger partial charge in [0.1, 0.15) is 0 Å². The summed E-state index contributed by atoms with van der Waals surface area (Å²) in [6.45, 7) is 7.70. The van der Waals surface area contributed by atoms with Gasteiger partial charge in [0.15, 0.2) is 0 Å². The van der Waals surface area contributed by atoms with Crippen molar-refractivity contribution in [2.24, 2.45) is 11.8 Å². The topological polar surface area (TPSA) is 18.5 Å². The molecule has 3 nitrogen and oxygen atoms in total. The SMILES string of the molecule is CCN1CC2C3CCN(CC3)C2C1CC(C)NCC(F)(F)F. The standard InChI is InChI=1S/C16H28F3N3/c1-3-21-9-13-12-4-6-22(7-5-12)15(13)14(21)8-11(2)20-10-16(17,18)19/h11-15,20H,3-10H2,1-2H3. The Balaban J connectivity index is 1.63. The van der Waals surface area contributed by atoms with Gasteiger partial charge in [-0.25, -0.2) is 0 Å². The molecule has 1 N–H and O–H groups in total. The summed E-state index contributed by atoms with van der Waals surface area (Å²) in [4.78, 5) is 5.12. The van der Waals surface area contributed by atoms with Crippen LogP contribution in [0.1, 0.15) is 33.1 Å². The molecule has 0 saturated carbocycles. The van der Waals surface area contributed by atoms with Gasteiger partial charge in [0.25, 0.3) is 0 Å². The lowest BCUT2D eigenvalue weighted by atomic mass is 9.73. The molecule has 4 saturated heterocycles.